The van der Waals surface area contributed by atoms with E-state index in [4.69, 9.17) is 14.2 Å². The predicted molar refractivity (Wildman–Crippen MR) is 141 cm³/mol. The third kappa shape index (κ3) is 8.23. The topological polar surface area (TPSA) is 103 Å². The van der Waals surface area contributed by atoms with Crippen LogP contribution in [0.15, 0.2) is 48.5 Å². The van der Waals surface area contributed by atoms with Crippen LogP contribution in [0, 0.1) is 0 Å². The molecule has 3 rings (SSSR count). The van der Waals surface area contributed by atoms with Gasteiger partial charge < -0.3 is 24.8 Å². The Kier molecular flexibility index (Phi) is 9.55. The Morgan fingerprint density at radius 1 is 0.892 bits per heavy atom. The highest BCUT2D eigenvalue weighted by molar-refractivity contribution is 5.82. The minimum atomic E-state index is -0.848. The third-order valence-electron chi connectivity index (χ3n) is 5.86. The Hall–Kier alpha value is -3.55. The molecule has 1 atom stereocenters. The number of nitrogens with one attached hydrogen (secondary N) is 2. The average molecular weight is 511 g/mol. The van der Waals surface area contributed by atoms with Gasteiger partial charge in [0.05, 0.1) is 6.10 Å². The summed E-state index contributed by atoms with van der Waals surface area (Å²) in [5, 5.41) is 5.37. The van der Waals surface area contributed by atoms with Crippen LogP contribution in [0.4, 0.5) is 9.59 Å². The molecule has 8 heteroatoms. The van der Waals surface area contributed by atoms with E-state index in [2.05, 4.69) is 34.9 Å². The summed E-state index contributed by atoms with van der Waals surface area (Å²) in [5.41, 5.74) is 3.95. The van der Waals surface area contributed by atoms with Crippen LogP contribution in [-0.4, -0.2) is 49.1 Å². The van der Waals surface area contributed by atoms with Crippen molar-refractivity contribution in [2.45, 2.75) is 77.5 Å². The van der Waals surface area contributed by atoms with Gasteiger partial charge in [0.25, 0.3) is 0 Å². The van der Waals surface area contributed by atoms with E-state index in [0.29, 0.717) is 25.8 Å². The molecule has 0 fully saturated rings. The molecule has 1 aliphatic rings. The van der Waals surface area contributed by atoms with Crippen LogP contribution < -0.4 is 10.6 Å². The number of hydrogen-bond donors (Lipinski definition) is 2. The number of alkyl carbamates (subject to hydrolysis) is 2. The Balaban J connectivity index is 1.53. The largest absolute Gasteiger partial charge is 0.461 e. The first-order chi connectivity index (χ1) is 17.5. The van der Waals surface area contributed by atoms with Crippen molar-refractivity contribution in [1.29, 1.82) is 0 Å². The van der Waals surface area contributed by atoms with Crippen LogP contribution in [0.1, 0.15) is 70.9 Å². The molecule has 37 heavy (non-hydrogen) atoms. The average Bonchev–Trinajstić information content (AvgIpc) is 3.14. The van der Waals surface area contributed by atoms with E-state index in [9.17, 15) is 14.4 Å². The van der Waals surface area contributed by atoms with Crippen molar-refractivity contribution in [1.82, 2.24) is 10.6 Å². The number of carbonyl (C=O) groups excluding carboxylic acids is 3. The van der Waals surface area contributed by atoms with Gasteiger partial charge in [0.2, 0.25) is 0 Å². The van der Waals surface area contributed by atoms with Crippen molar-refractivity contribution in [3.8, 4) is 11.1 Å². The molecule has 200 valence electrons. The van der Waals surface area contributed by atoms with E-state index in [1.54, 1.807) is 34.6 Å². The molecule has 0 aromatic heterocycles. The molecular formula is C29H38N2O6. The molecule has 2 amide bonds. The van der Waals surface area contributed by atoms with Crippen molar-refractivity contribution in [3.05, 3.63) is 59.7 Å². The van der Waals surface area contributed by atoms with Gasteiger partial charge in [-0.1, -0.05) is 48.5 Å². The Bertz CT molecular complexity index is 1050. The second-order valence-electron chi connectivity index (χ2n) is 10.4. The van der Waals surface area contributed by atoms with Gasteiger partial charge in [-0.25, -0.2) is 14.4 Å². The summed E-state index contributed by atoms with van der Waals surface area (Å²) in [5.74, 6) is -0.582. The van der Waals surface area contributed by atoms with Crippen LogP contribution in [0.3, 0.4) is 0 Å². The minimum absolute atomic E-state index is 0.0712. The van der Waals surface area contributed by atoms with Crippen molar-refractivity contribution >= 4 is 18.2 Å². The minimum Gasteiger partial charge on any atom is -0.461 e. The molecule has 2 aromatic rings. The molecule has 1 unspecified atom stereocenters. The highest BCUT2D eigenvalue weighted by atomic mass is 16.6. The Morgan fingerprint density at radius 2 is 1.49 bits per heavy atom. The number of hydrogen-bond acceptors (Lipinski definition) is 6. The van der Waals surface area contributed by atoms with Crippen molar-refractivity contribution in [3.63, 3.8) is 0 Å². The van der Waals surface area contributed by atoms with Crippen molar-refractivity contribution in [2.24, 2.45) is 0 Å². The zero-order valence-corrected chi connectivity index (χ0v) is 22.3. The number of esters is 1. The van der Waals surface area contributed by atoms with E-state index < -0.39 is 29.8 Å². The van der Waals surface area contributed by atoms with Crippen molar-refractivity contribution in [2.75, 3.05) is 13.2 Å². The lowest BCUT2D eigenvalue weighted by Crippen LogP contribution is -2.43. The zero-order valence-electron chi connectivity index (χ0n) is 22.3. The maximum Gasteiger partial charge on any atom is 0.407 e. The number of amides is 2. The lowest BCUT2D eigenvalue weighted by Gasteiger charge is -2.21. The van der Waals surface area contributed by atoms with Gasteiger partial charge in [0, 0.05) is 12.5 Å². The number of unbranched alkanes of at least 4 members (excludes halogenated alkanes) is 1. The highest BCUT2D eigenvalue weighted by Crippen LogP contribution is 2.44. The van der Waals surface area contributed by atoms with Gasteiger partial charge in [0.15, 0.2) is 0 Å². The first-order valence-corrected chi connectivity index (χ1v) is 12.8. The smallest absolute Gasteiger partial charge is 0.407 e. The fraction of sp³-hybridized carbons (Fsp3) is 0.483. The molecule has 2 aromatic carbocycles. The number of benzene rings is 2. The first-order valence-electron chi connectivity index (χ1n) is 12.8. The fourth-order valence-electron chi connectivity index (χ4n) is 4.32. The fourth-order valence-corrected chi connectivity index (χ4v) is 4.32. The standard InChI is InChI=1S/C29H38N2O6/c1-19(2)36-26(32)25(16-10-11-17-30-27(33)37-29(3,4)5)31-28(34)35-18-24-22-14-8-6-12-20(22)21-13-7-9-15-23(21)24/h6-9,12-15,19,24-25H,10-11,16-18H2,1-5H3,(H,30,33)(H,31,34). The summed E-state index contributed by atoms with van der Waals surface area (Å²) < 4.78 is 16.1. The number of carbonyl (C=O) groups is 3. The molecule has 0 heterocycles. The van der Waals surface area contributed by atoms with Gasteiger partial charge in [-0.2, -0.15) is 0 Å². The van der Waals surface area contributed by atoms with Gasteiger partial charge in [-0.05, 0) is 76.1 Å². The zero-order chi connectivity index (χ0) is 27.0. The van der Waals surface area contributed by atoms with Crippen LogP contribution >= 0.6 is 0 Å². The Morgan fingerprint density at radius 3 is 2.05 bits per heavy atom. The monoisotopic (exact) mass is 510 g/mol. The highest BCUT2D eigenvalue weighted by Gasteiger charge is 2.30. The number of ether oxygens (including phenoxy) is 3. The lowest BCUT2D eigenvalue weighted by atomic mass is 9.98. The second kappa shape index (κ2) is 12.6. The maximum absolute atomic E-state index is 12.7. The number of rotatable bonds is 10. The summed E-state index contributed by atoms with van der Waals surface area (Å²) in [4.78, 5) is 37.1. The second-order valence-corrected chi connectivity index (χ2v) is 10.4. The summed E-state index contributed by atoms with van der Waals surface area (Å²) in [7, 11) is 0. The van der Waals surface area contributed by atoms with Crippen molar-refractivity contribution < 1.29 is 28.6 Å². The van der Waals surface area contributed by atoms with Gasteiger partial charge in [-0.3, -0.25) is 0 Å². The summed E-state index contributed by atoms with van der Waals surface area (Å²) in [6, 6.07) is 15.4. The maximum atomic E-state index is 12.7. The van der Waals surface area contributed by atoms with Crippen LogP contribution in [0.25, 0.3) is 11.1 Å². The van der Waals surface area contributed by atoms with Crippen LogP contribution in [-0.2, 0) is 19.0 Å². The van der Waals surface area contributed by atoms with Gasteiger partial charge >= 0.3 is 18.2 Å². The van der Waals surface area contributed by atoms with Gasteiger partial charge in [-0.15, -0.1) is 0 Å². The summed E-state index contributed by atoms with van der Waals surface area (Å²) >= 11 is 0. The number of fused-ring (bicyclic) bond motifs is 3. The van der Waals surface area contributed by atoms with E-state index in [-0.39, 0.29) is 18.6 Å². The molecule has 0 spiro atoms. The quantitative estimate of drug-likeness (QED) is 0.247. The first kappa shape index (κ1) is 28.0. The molecule has 0 bridgehead atoms. The molecule has 0 radical (unpaired) electrons. The molecular weight excluding hydrogens is 472 g/mol. The van der Waals surface area contributed by atoms with Gasteiger partial charge in [0.1, 0.15) is 18.2 Å². The molecule has 2 N–H and O–H groups in total. The summed E-state index contributed by atoms with van der Waals surface area (Å²) in [6.07, 6.45) is 0.0766. The summed E-state index contributed by atoms with van der Waals surface area (Å²) in [6.45, 7) is 9.46. The third-order valence-corrected chi connectivity index (χ3v) is 5.86. The molecule has 0 aliphatic heterocycles. The molecule has 0 saturated heterocycles. The normalized spacial score (nSPS) is 13.4. The van der Waals surface area contributed by atoms with Crippen LogP contribution in [0.2, 0.25) is 0 Å². The van der Waals surface area contributed by atoms with E-state index in [0.717, 1.165) is 22.3 Å². The lowest BCUT2D eigenvalue weighted by molar-refractivity contribution is -0.150. The van der Waals surface area contributed by atoms with E-state index >= 15 is 0 Å². The molecule has 0 saturated carbocycles. The van der Waals surface area contributed by atoms with E-state index in [1.165, 1.54) is 0 Å². The Labute approximate surface area is 219 Å². The molecule has 8 nitrogen and oxygen atoms in total. The SMILES string of the molecule is CC(C)OC(=O)C(CCCCNC(=O)OC(C)(C)C)NC(=O)OCC1c2ccccc2-c2ccccc21. The molecule has 1 aliphatic carbocycles. The van der Waals surface area contributed by atoms with E-state index in [1.807, 2.05) is 24.3 Å². The predicted octanol–water partition coefficient (Wildman–Crippen LogP) is 5.54. The van der Waals surface area contributed by atoms with Crippen LogP contribution in [0.5, 0.6) is 0 Å².